The van der Waals surface area contributed by atoms with E-state index >= 15 is 0 Å². The van der Waals surface area contributed by atoms with E-state index in [-0.39, 0.29) is 12.3 Å². The first-order valence-electron chi connectivity index (χ1n) is 11.7. The number of anilines is 2. The quantitative estimate of drug-likeness (QED) is 0.229. The highest BCUT2D eigenvalue weighted by Crippen LogP contribution is 2.40. The molecule has 1 aromatic carbocycles. The minimum Gasteiger partial charge on any atom is -0.491 e. The number of aryl methyl sites for hydroxylation is 1. The van der Waals surface area contributed by atoms with Crippen LogP contribution < -0.4 is 21.3 Å². The second-order valence-electron chi connectivity index (χ2n) is 8.66. The van der Waals surface area contributed by atoms with Crippen LogP contribution in [0.1, 0.15) is 45.7 Å². The Hall–Kier alpha value is -2.99. The molecule has 1 aliphatic rings. The van der Waals surface area contributed by atoms with Gasteiger partial charge in [-0.25, -0.2) is 14.4 Å². The summed E-state index contributed by atoms with van der Waals surface area (Å²) in [7, 11) is -1.42. The Balaban J connectivity index is 1.66. The number of hydrogen-bond donors (Lipinski definition) is 3. The van der Waals surface area contributed by atoms with Gasteiger partial charge < -0.3 is 20.6 Å². The van der Waals surface area contributed by atoms with Crippen LogP contribution in [0.5, 0.6) is 5.75 Å². The van der Waals surface area contributed by atoms with Gasteiger partial charge in [0, 0.05) is 47.7 Å². The number of carboxylic acid groups (broad SMARTS) is 1. The van der Waals surface area contributed by atoms with Gasteiger partial charge in [-0.2, -0.15) is 0 Å². The van der Waals surface area contributed by atoms with Gasteiger partial charge in [0.15, 0.2) is 0 Å². The van der Waals surface area contributed by atoms with Crippen molar-refractivity contribution < 1.29 is 18.8 Å². The van der Waals surface area contributed by atoms with Crippen LogP contribution in [0.4, 0.5) is 11.4 Å². The van der Waals surface area contributed by atoms with E-state index in [1.165, 1.54) is 0 Å². The van der Waals surface area contributed by atoms with Crippen LogP contribution in [0, 0.1) is 13.8 Å². The highest BCUT2D eigenvalue weighted by atomic mass is 32.2. The van der Waals surface area contributed by atoms with Gasteiger partial charge in [0.05, 0.1) is 17.8 Å². The van der Waals surface area contributed by atoms with Crippen molar-refractivity contribution in [2.45, 2.75) is 44.6 Å². The molecule has 0 spiro atoms. The van der Waals surface area contributed by atoms with E-state index in [9.17, 15) is 14.1 Å². The van der Waals surface area contributed by atoms with Gasteiger partial charge in [0.2, 0.25) is 0 Å². The van der Waals surface area contributed by atoms with E-state index in [1.54, 1.807) is 34.8 Å². The Morgan fingerprint density at radius 1 is 1.36 bits per heavy atom. The SMILES string of the molecule is CCN(N)c1ccc(C(CC(=O)O)c2cc(CN3CCOc4ccncc4S3=O)c(C)s2)c(C)c1N. The molecule has 2 aromatic heterocycles. The lowest BCUT2D eigenvalue weighted by Gasteiger charge is -2.23. The average molecular weight is 530 g/mol. The molecule has 5 N–H and O–H groups in total. The lowest BCUT2D eigenvalue weighted by atomic mass is 9.89. The fourth-order valence-corrected chi connectivity index (χ4v) is 6.75. The molecule has 0 fully saturated rings. The van der Waals surface area contributed by atoms with Crippen LogP contribution in [0.25, 0.3) is 0 Å². The molecule has 3 aromatic rings. The third-order valence-electron chi connectivity index (χ3n) is 6.44. The normalized spacial score (nSPS) is 16.6. The molecule has 3 heterocycles. The maximum Gasteiger partial charge on any atom is 0.304 e. The third kappa shape index (κ3) is 5.24. The predicted molar refractivity (Wildman–Crippen MR) is 143 cm³/mol. The first kappa shape index (κ1) is 26.1. The van der Waals surface area contributed by atoms with Crippen molar-refractivity contribution in [2.75, 3.05) is 30.4 Å². The molecule has 0 aliphatic carbocycles. The lowest BCUT2D eigenvalue weighted by Crippen LogP contribution is -2.31. The van der Waals surface area contributed by atoms with Crippen LogP contribution in [-0.2, 0) is 22.3 Å². The zero-order chi connectivity index (χ0) is 26.0. The minimum absolute atomic E-state index is 0.0678. The van der Waals surface area contributed by atoms with Gasteiger partial charge in [-0.05, 0) is 55.7 Å². The molecule has 9 nitrogen and oxygen atoms in total. The Morgan fingerprint density at radius 2 is 2.14 bits per heavy atom. The molecular weight excluding hydrogens is 498 g/mol. The third-order valence-corrected chi connectivity index (χ3v) is 9.11. The van der Waals surface area contributed by atoms with Crippen LogP contribution in [-0.4, -0.2) is 44.3 Å². The van der Waals surface area contributed by atoms with E-state index in [0.29, 0.717) is 42.6 Å². The summed E-state index contributed by atoms with van der Waals surface area (Å²) in [5, 5.41) is 11.3. The summed E-state index contributed by atoms with van der Waals surface area (Å²) in [4.78, 5) is 18.5. The lowest BCUT2D eigenvalue weighted by molar-refractivity contribution is -0.137. The standard InChI is InChI=1S/C25H31N5O4S2/c1-4-30(27)20-6-5-18(15(2)25(20)26)19(12-24(31)32)22-11-17(16(3)35-22)14-29-9-10-34-21-7-8-28-13-23(21)36(29)33/h5-8,11,13,19H,4,9-10,12,14,26-27H2,1-3H3,(H,31,32). The van der Waals surface area contributed by atoms with Gasteiger partial charge in [-0.1, -0.05) is 6.07 Å². The van der Waals surface area contributed by atoms with Crippen molar-refractivity contribution >= 4 is 39.7 Å². The summed E-state index contributed by atoms with van der Waals surface area (Å²) in [6.45, 7) is 7.80. The second-order valence-corrected chi connectivity index (χ2v) is 11.4. The van der Waals surface area contributed by atoms with Crippen LogP contribution in [0.15, 0.2) is 41.6 Å². The zero-order valence-corrected chi connectivity index (χ0v) is 22.2. The van der Waals surface area contributed by atoms with Crippen molar-refractivity contribution in [1.29, 1.82) is 0 Å². The zero-order valence-electron chi connectivity index (χ0n) is 20.6. The molecule has 0 saturated heterocycles. The number of carboxylic acids is 1. The molecular formula is C25H31N5O4S2. The number of nitrogen functional groups attached to an aromatic ring is 1. The first-order chi connectivity index (χ1) is 17.2. The van der Waals surface area contributed by atoms with E-state index < -0.39 is 17.0 Å². The summed E-state index contributed by atoms with van der Waals surface area (Å²) in [5.41, 5.74) is 10.4. The van der Waals surface area contributed by atoms with Gasteiger partial charge in [0.25, 0.3) is 0 Å². The molecule has 0 bridgehead atoms. The number of fused-ring (bicyclic) bond motifs is 1. The van der Waals surface area contributed by atoms with E-state index in [4.69, 9.17) is 16.3 Å². The van der Waals surface area contributed by atoms with Crippen molar-refractivity contribution in [3.63, 3.8) is 0 Å². The maximum atomic E-state index is 13.3. The summed E-state index contributed by atoms with van der Waals surface area (Å²) in [5.74, 6) is 5.40. The van der Waals surface area contributed by atoms with Crippen LogP contribution >= 0.6 is 11.3 Å². The van der Waals surface area contributed by atoms with E-state index in [0.717, 1.165) is 32.1 Å². The minimum atomic E-state index is -1.42. The Morgan fingerprint density at radius 3 is 2.86 bits per heavy atom. The Kier molecular flexibility index (Phi) is 7.94. The fraction of sp³-hybridized carbons (Fsp3) is 0.360. The summed E-state index contributed by atoms with van der Waals surface area (Å²) in [6, 6.07) is 7.53. The summed E-state index contributed by atoms with van der Waals surface area (Å²) < 4.78 is 20.9. The number of nitrogens with zero attached hydrogens (tertiary/aromatic N) is 3. The van der Waals surface area contributed by atoms with Crippen molar-refractivity contribution in [2.24, 2.45) is 5.84 Å². The first-order valence-corrected chi connectivity index (χ1v) is 13.6. The summed E-state index contributed by atoms with van der Waals surface area (Å²) >= 11 is 1.56. The van der Waals surface area contributed by atoms with E-state index in [1.807, 2.05) is 43.3 Å². The number of ether oxygens (including phenoxy) is 1. The van der Waals surface area contributed by atoms with Crippen LogP contribution in [0.2, 0.25) is 0 Å². The number of carbonyl (C=O) groups is 1. The molecule has 192 valence electrons. The highest BCUT2D eigenvalue weighted by Gasteiger charge is 2.27. The number of hydrogen-bond acceptors (Lipinski definition) is 8. The monoisotopic (exact) mass is 529 g/mol. The number of nitrogens with two attached hydrogens (primary N) is 2. The largest absolute Gasteiger partial charge is 0.491 e. The predicted octanol–water partition coefficient (Wildman–Crippen LogP) is 3.57. The molecule has 0 radical (unpaired) electrons. The van der Waals surface area contributed by atoms with Gasteiger partial charge in [-0.15, -0.1) is 11.3 Å². The molecule has 0 amide bonds. The molecule has 1 aliphatic heterocycles. The smallest absolute Gasteiger partial charge is 0.304 e. The molecule has 2 atom stereocenters. The number of pyridine rings is 1. The number of aromatic nitrogens is 1. The molecule has 2 unspecified atom stereocenters. The van der Waals surface area contributed by atoms with Crippen LogP contribution in [0.3, 0.4) is 0 Å². The molecule has 11 heteroatoms. The van der Waals surface area contributed by atoms with Crippen molar-refractivity contribution in [1.82, 2.24) is 9.29 Å². The van der Waals surface area contributed by atoms with Crippen molar-refractivity contribution in [3.05, 3.63) is 63.1 Å². The van der Waals surface area contributed by atoms with E-state index in [2.05, 4.69) is 4.98 Å². The molecule has 36 heavy (non-hydrogen) atoms. The second kappa shape index (κ2) is 11.0. The Labute approximate surface area is 217 Å². The highest BCUT2D eigenvalue weighted by molar-refractivity contribution is 7.82. The topological polar surface area (TPSA) is 135 Å². The Bertz CT molecular complexity index is 1300. The number of rotatable bonds is 8. The fourth-order valence-electron chi connectivity index (χ4n) is 4.37. The van der Waals surface area contributed by atoms with Gasteiger partial charge in [0.1, 0.15) is 28.2 Å². The maximum absolute atomic E-state index is 13.3. The van der Waals surface area contributed by atoms with Crippen molar-refractivity contribution in [3.8, 4) is 5.75 Å². The molecule has 0 saturated carbocycles. The van der Waals surface area contributed by atoms with Gasteiger partial charge in [-0.3, -0.25) is 9.78 Å². The number of aliphatic carboxylic acids is 1. The average Bonchev–Trinajstić information content (AvgIpc) is 3.14. The number of thiophene rings is 1. The molecule has 4 rings (SSSR count). The number of hydrazine groups is 1. The number of benzene rings is 1. The van der Waals surface area contributed by atoms with Gasteiger partial charge >= 0.3 is 5.97 Å². The summed E-state index contributed by atoms with van der Waals surface area (Å²) in [6.07, 6.45) is 3.14.